The first kappa shape index (κ1) is 14.4. The molecule has 4 rings (SSSR count). The molecule has 5 nitrogen and oxygen atoms in total. The fraction of sp³-hybridized carbons (Fsp3) is 0.294. The molecule has 0 bridgehead atoms. The van der Waals surface area contributed by atoms with Gasteiger partial charge in [0.2, 0.25) is 5.91 Å². The Balaban J connectivity index is 1.57. The first-order valence-corrected chi connectivity index (χ1v) is 8.59. The molecule has 1 saturated carbocycles. The zero-order chi connectivity index (χ0) is 15.9. The number of nitrogen functional groups attached to an aromatic ring is 1. The van der Waals surface area contributed by atoms with Crippen LogP contribution in [0, 0.1) is 0 Å². The lowest BCUT2D eigenvalue weighted by Crippen LogP contribution is -2.30. The third-order valence-corrected chi connectivity index (χ3v) is 5.54. The molecule has 0 unspecified atom stereocenters. The summed E-state index contributed by atoms with van der Waals surface area (Å²) >= 11 is 1.49. The van der Waals surface area contributed by atoms with Crippen molar-refractivity contribution in [1.82, 2.24) is 4.98 Å². The minimum Gasteiger partial charge on any atom is -0.384 e. The lowest BCUT2D eigenvalue weighted by molar-refractivity contribution is -0.120. The molecule has 1 spiro atoms. The lowest BCUT2D eigenvalue weighted by atomic mass is 9.80. The number of fused-ring (bicyclic) bond motifs is 2. The summed E-state index contributed by atoms with van der Waals surface area (Å²) in [5, 5.41) is 3.04. The van der Waals surface area contributed by atoms with Crippen LogP contribution < -0.4 is 15.8 Å². The number of amides is 1. The molecule has 1 aliphatic carbocycles. The van der Waals surface area contributed by atoms with Gasteiger partial charge in [0.05, 0.1) is 5.41 Å². The summed E-state index contributed by atoms with van der Waals surface area (Å²) in [6.45, 7) is 0. The molecule has 2 heterocycles. The van der Waals surface area contributed by atoms with E-state index in [-0.39, 0.29) is 11.3 Å². The molecule has 1 amide bonds. The molecule has 1 fully saturated rings. The van der Waals surface area contributed by atoms with E-state index in [0.29, 0.717) is 5.82 Å². The predicted molar refractivity (Wildman–Crippen MR) is 93.3 cm³/mol. The summed E-state index contributed by atoms with van der Waals surface area (Å²) in [5.74, 6) is 0.678. The predicted octanol–water partition coefficient (Wildman–Crippen LogP) is 3.55. The van der Waals surface area contributed by atoms with Gasteiger partial charge in [-0.25, -0.2) is 4.98 Å². The summed E-state index contributed by atoms with van der Waals surface area (Å²) in [6.07, 6.45) is 5.88. The molecule has 2 aromatic rings. The van der Waals surface area contributed by atoms with E-state index in [9.17, 15) is 4.79 Å². The van der Waals surface area contributed by atoms with Crippen molar-refractivity contribution >= 4 is 35.0 Å². The molecular weight excluding hydrogens is 308 g/mol. The number of benzene rings is 1. The van der Waals surface area contributed by atoms with E-state index in [0.717, 1.165) is 47.5 Å². The normalized spacial score (nSPS) is 18.0. The number of pyridine rings is 1. The number of carbonyl (C=O) groups excluding carboxylic acids is 1. The van der Waals surface area contributed by atoms with Gasteiger partial charge in [-0.15, -0.1) is 0 Å². The Labute approximate surface area is 139 Å². The number of nitrogens with two attached hydrogens (primary N) is 1. The number of rotatable bonds is 3. The fourth-order valence-electron chi connectivity index (χ4n) is 3.52. The van der Waals surface area contributed by atoms with Gasteiger partial charge in [-0.2, -0.15) is 0 Å². The summed E-state index contributed by atoms with van der Waals surface area (Å²) in [5.41, 5.74) is 8.38. The zero-order valence-electron chi connectivity index (χ0n) is 12.6. The van der Waals surface area contributed by atoms with Crippen molar-refractivity contribution in [2.24, 2.45) is 0 Å². The average Bonchev–Trinajstić information content (AvgIpc) is 3.15. The highest BCUT2D eigenvalue weighted by Gasteiger charge is 2.48. The van der Waals surface area contributed by atoms with Gasteiger partial charge in [-0.1, -0.05) is 12.8 Å². The van der Waals surface area contributed by atoms with Crippen LogP contribution in [-0.2, 0) is 10.2 Å². The Morgan fingerprint density at radius 2 is 2.04 bits per heavy atom. The third-order valence-electron chi connectivity index (χ3n) is 4.72. The second kappa shape index (κ2) is 5.45. The van der Waals surface area contributed by atoms with Gasteiger partial charge in [0, 0.05) is 22.5 Å². The van der Waals surface area contributed by atoms with Gasteiger partial charge in [-0.05, 0) is 60.7 Å². The van der Waals surface area contributed by atoms with Crippen molar-refractivity contribution in [3.8, 4) is 0 Å². The second-order valence-corrected chi connectivity index (χ2v) is 7.01. The van der Waals surface area contributed by atoms with Gasteiger partial charge in [0.1, 0.15) is 5.82 Å². The summed E-state index contributed by atoms with van der Waals surface area (Å²) in [6, 6.07) is 9.80. The van der Waals surface area contributed by atoms with E-state index in [1.165, 1.54) is 11.9 Å². The Hall–Kier alpha value is -2.21. The number of nitrogens with zero attached hydrogens (tertiary/aromatic N) is 1. The molecule has 4 N–H and O–H groups in total. The van der Waals surface area contributed by atoms with E-state index in [1.807, 2.05) is 18.2 Å². The van der Waals surface area contributed by atoms with Crippen molar-refractivity contribution in [3.63, 3.8) is 0 Å². The maximum atomic E-state index is 12.4. The van der Waals surface area contributed by atoms with E-state index >= 15 is 0 Å². The molecular formula is C17H18N4OS. The number of hydrogen-bond acceptors (Lipinski definition) is 5. The van der Waals surface area contributed by atoms with Crippen LogP contribution in [0.2, 0.25) is 0 Å². The lowest BCUT2D eigenvalue weighted by Gasteiger charge is -2.21. The monoisotopic (exact) mass is 326 g/mol. The average molecular weight is 326 g/mol. The number of nitrogens with one attached hydrogen (secondary N) is 2. The van der Waals surface area contributed by atoms with Crippen molar-refractivity contribution in [3.05, 3.63) is 42.1 Å². The number of carbonyl (C=O) groups is 1. The van der Waals surface area contributed by atoms with Crippen molar-refractivity contribution < 1.29 is 4.79 Å². The summed E-state index contributed by atoms with van der Waals surface area (Å²) < 4.78 is 3.33. The van der Waals surface area contributed by atoms with Gasteiger partial charge in [0.15, 0.2) is 0 Å². The molecule has 0 saturated heterocycles. The Morgan fingerprint density at radius 3 is 2.78 bits per heavy atom. The Morgan fingerprint density at radius 1 is 1.22 bits per heavy atom. The first-order chi connectivity index (χ1) is 11.2. The molecule has 0 radical (unpaired) electrons. The quantitative estimate of drug-likeness (QED) is 0.752. The maximum Gasteiger partial charge on any atom is 0.235 e. The van der Waals surface area contributed by atoms with Crippen LogP contribution in [0.1, 0.15) is 31.2 Å². The van der Waals surface area contributed by atoms with Gasteiger partial charge in [-0.3, -0.25) is 4.79 Å². The molecule has 118 valence electrons. The molecule has 2 aliphatic rings. The van der Waals surface area contributed by atoms with E-state index < -0.39 is 0 Å². The fourth-order valence-corrected chi connectivity index (χ4v) is 4.13. The smallest absolute Gasteiger partial charge is 0.235 e. The standard InChI is InChI=1S/C17H18N4OS/c18-15-6-4-12(10-19-15)23-21-11-3-5-14-13(9-11)17(16(22)20-14)7-1-2-8-17/h3-6,9-10,21H,1-2,7-8H2,(H2,18,19)(H,20,22). The van der Waals surface area contributed by atoms with E-state index in [1.54, 1.807) is 12.3 Å². The molecule has 1 aromatic heterocycles. The van der Waals surface area contributed by atoms with Crippen LogP contribution in [0.5, 0.6) is 0 Å². The third kappa shape index (κ3) is 2.43. The topological polar surface area (TPSA) is 80.0 Å². The van der Waals surface area contributed by atoms with Crippen LogP contribution in [-0.4, -0.2) is 10.9 Å². The molecule has 6 heteroatoms. The summed E-state index contributed by atoms with van der Waals surface area (Å²) in [7, 11) is 0. The second-order valence-electron chi connectivity index (χ2n) is 6.13. The molecule has 1 aliphatic heterocycles. The highest BCUT2D eigenvalue weighted by atomic mass is 32.2. The largest absolute Gasteiger partial charge is 0.384 e. The minimum absolute atomic E-state index is 0.164. The highest BCUT2D eigenvalue weighted by Crippen LogP contribution is 2.49. The number of aromatic nitrogens is 1. The van der Waals surface area contributed by atoms with Crippen LogP contribution in [0.25, 0.3) is 0 Å². The zero-order valence-corrected chi connectivity index (χ0v) is 13.5. The SMILES string of the molecule is Nc1ccc(SNc2ccc3c(c2)C2(CCCC2)C(=O)N3)cn1. The van der Waals surface area contributed by atoms with E-state index in [4.69, 9.17) is 5.73 Å². The Kier molecular flexibility index (Phi) is 3.41. The molecule has 0 atom stereocenters. The van der Waals surface area contributed by atoms with Gasteiger partial charge in [0.25, 0.3) is 0 Å². The van der Waals surface area contributed by atoms with Gasteiger partial charge < -0.3 is 15.8 Å². The van der Waals surface area contributed by atoms with Crippen molar-refractivity contribution in [2.45, 2.75) is 36.0 Å². The Bertz CT molecular complexity index is 754. The number of hydrogen-bond donors (Lipinski definition) is 3. The van der Waals surface area contributed by atoms with Gasteiger partial charge >= 0.3 is 0 Å². The molecule has 23 heavy (non-hydrogen) atoms. The van der Waals surface area contributed by atoms with Crippen molar-refractivity contribution in [1.29, 1.82) is 0 Å². The van der Waals surface area contributed by atoms with Crippen molar-refractivity contribution in [2.75, 3.05) is 15.8 Å². The maximum absolute atomic E-state index is 12.4. The minimum atomic E-state index is -0.305. The number of anilines is 3. The van der Waals surface area contributed by atoms with Crippen LogP contribution in [0.3, 0.4) is 0 Å². The summed E-state index contributed by atoms with van der Waals surface area (Å²) in [4.78, 5) is 17.5. The highest BCUT2D eigenvalue weighted by molar-refractivity contribution is 8.00. The van der Waals surface area contributed by atoms with Crippen LogP contribution in [0.4, 0.5) is 17.2 Å². The van der Waals surface area contributed by atoms with Crippen LogP contribution in [0.15, 0.2) is 41.4 Å². The first-order valence-electron chi connectivity index (χ1n) is 7.78. The van der Waals surface area contributed by atoms with Crippen LogP contribution >= 0.6 is 11.9 Å². The molecule has 1 aromatic carbocycles. The van der Waals surface area contributed by atoms with E-state index in [2.05, 4.69) is 21.1 Å².